The quantitative estimate of drug-likeness (QED) is 0.711. The summed E-state index contributed by atoms with van der Waals surface area (Å²) in [5.41, 5.74) is 0. The Labute approximate surface area is 126 Å². The minimum atomic E-state index is -0.914. The molecular weight excluding hydrogens is 326 g/mol. The van der Waals surface area contributed by atoms with Crippen LogP contribution in [-0.4, -0.2) is 30.1 Å². The number of amides is 1. The lowest BCUT2D eigenvalue weighted by molar-refractivity contribution is -0.141. The van der Waals surface area contributed by atoms with Crippen LogP contribution in [0.25, 0.3) is 0 Å². The topological polar surface area (TPSA) is 75.6 Å². The molecule has 6 heteroatoms. The highest BCUT2D eigenvalue weighted by molar-refractivity contribution is 9.10. The molecule has 1 unspecified atom stereocenters. The SMILES string of the molecule is CC(CNC(=O)CCCOc1ccccc1Br)C(=O)O. The summed E-state index contributed by atoms with van der Waals surface area (Å²) in [4.78, 5) is 22.1. The van der Waals surface area contributed by atoms with E-state index < -0.39 is 11.9 Å². The number of para-hydroxylation sites is 1. The van der Waals surface area contributed by atoms with Crippen LogP contribution in [0, 0.1) is 5.92 Å². The fraction of sp³-hybridized carbons (Fsp3) is 0.429. The molecule has 0 aliphatic carbocycles. The molecule has 0 heterocycles. The summed E-state index contributed by atoms with van der Waals surface area (Å²) in [7, 11) is 0. The summed E-state index contributed by atoms with van der Waals surface area (Å²) in [5, 5.41) is 11.3. The molecule has 0 saturated heterocycles. The van der Waals surface area contributed by atoms with Crippen LogP contribution in [0.5, 0.6) is 5.75 Å². The molecule has 0 bridgehead atoms. The largest absolute Gasteiger partial charge is 0.492 e. The van der Waals surface area contributed by atoms with Gasteiger partial charge in [0.2, 0.25) is 5.91 Å². The molecule has 1 aromatic rings. The number of carbonyl (C=O) groups excluding carboxylic acids is 1. The smallest absolute Gasteiger partial charge is 0.308 e. The van der Waals surface area contributed by atoms with Crippen molar-refractivity contribution in [2.75, 3.05) is 13.2 Å². The van der Waals surface area contributed by atoms with E-state index in [1.165, 1.54) is 0 Å². The Balaban J connectivity index is 2.16. The van der Waals surface area contributed by atoms with Gasteiger partial charge in [-0.3, -0.25) is 9.59 Å². The predicted octanol–water partition coefficient (Wildman–Crippen LogP) is 2.45. The Morgan fingerprint density at radius 1 is 1.40 bits per heavy atom. The van der Waals surface area contributed by atoms with Crippen molar-refractivity contribution in [1.29, 1.82) is 0 Å². The second kappa shape index (κ2) is 8.58. The van der Waals surface area contributed by atoms with Crippen molar-refractivity contribution in [3.05, 3.63) is 28.7 Å². The van der Waals surface area contributed by atoms with E-state index >= 15 is 0 Å². The Morgan fingerprint density at radius 2 is 2.10 bits per heavy atom. The van der Waals surface area contributed by atoms with E-state index in [0.717, 1.165) is 10.2 Å². The molecule has 0 fully saturated rings. The van der Waals surface area contributed by atoms with Crippen molar-refractivity contribution in [3.63, 3.8) is 0 Å². The number of ether oxygens (including phenoxy) is 1. The number of hydrogen-bond donors (Lipinski definition) is 2. The fourth-order valence-corrected chi connectivity index (χ4v) is 1.82. The first kappa shape index (κ1) is 16.5. The molecule has 0 radical (unpaired) electrons. The zero-order valence-corrected chi connectivity index (χ0v) is 12.9. The van der Waals surface area contributed by atoms with Gasteiger partial charge in [-0.15, -0.1) is 0 Å². The highest BCUT2D eigenvalue weighted by Crippen LogP contribution is 2.23. The van der Waals surface area contributed by atoms with Crippen LogP contribution in [0.4, 0.5) is 0 Å². The van der Waals surface area contributed by atoms with Gasteiger partial charge in [0.1, 0.15) is 5.75 Å². The summed E-state index contributed by atoms with van der Waals surface area (Å²) >= 11 is 3.37. The average Bonchev–Trinajstić information content (AvgIpc) is 2.42. The molecule has 20 heavy (non-hydrogen) atoms. The predicted molar refractivity (Wildman–Crippen MR) is 78.7 cm³/mol. The van der Waals surface area contributed by atoms with E-state index in [-0.39, 0.29) is 12.5 Å². The van der Waals surface area contributed by atoms with E-state index in [9.17, 15) is 9.59 Å². The number of nitrogens with one attached hydrogen (secondary N) is 1. The summed E-state index contributed by atoms with van der Waals surface area (Å²) in [6.07, 6.45) is 0.894. The number of carboxylic acid groups (broad SMARTS) is 1. The Kier molecular flexibility index (Phi) is 7.08. The second-order valence-corrected chi connectivity index (χ2v) is 5.28. The lowest BCUT2D eigenvalue weighted by Crippen LogP contribution is -2.31. The van der Waals surface area contributed by atoms with Crippen LogP contribution in [0.1, 0.15) is 19.8 Å². The van der Waals surface area contributed by atoms with Crippen LogP contribution in [0.3, 0.4) is 0 Å². The first-order valence-electron chi connectivity index (χ1n) is 6.37. The van der Waals surface area contributed by atoms with E-state index in [4.69, 9.17) is 9.84 Å². The van der Waals surface area contributed by atoms with Crippen molar-refractivity contribution in [2.24, 2.45) is 5.92 Å². The van der Waals surface area contributed by atoms with Crippen molar-refractivity contribution in [2.45, 2.75) is 19.8 Å². The number of hydrogen-bond acceptors (Lipinski definition) is 3. The molecule has 1 atom stereocenters. The highest BCUT2D eigenvalue weighted by atomic mass is 79.9. The zero-order valence-electron chi connectivity index (χ0n) is 11.3. The molecule has 0 aromatic heterocycles. The third kappa shape index (κ3) is 6.06. The molecule has 0 aliphatic heterocycles. The van der Waals surface area contributed by atoms with Gasteiger partial charge in [-0.05, 0) is 34.5 Å². The Bertz CT molecular complexity index is 464. The number of rotatable bonds is 8. The maximum atomic E-state index is 11.5. The van der Waals surface area contributed by atoms with E-state index in [2.05, 4.69) is 21.2 Å². The molecule has 1 aromatic carbocycles. The monoisotopic (exact) mass is 343 g/mol. The third-order valence-corrected chi connectivity index (χ3v) is 3.32. The van der Waals surface area contributed by atoms with Crippen LogP contribution in [-0.2, 0) is 9.59 Å². The number of carboxylic acids is 1. The molecule has 1 amide bonds. The minimum Gasteiger partial charge on any atom is -0.492 e. The second-order valence-electron chi connectivity index (χ2n) is 4.43. The number of benzene rings is 1. The van der Waals surface area contributed by atoms with Crippen molar-refractivity contribution in [1.82, 2.24) is 5.32 Å². The van der Waals surface area contributed by atoms with Crippen molar-refractivity contribution >= 4 is 27.8 Å². The van der Waals surface area contributed by atoms with Gasteiger partial charge in [0.15, 0.2) is 0 Å². The lowest BCUT2D eigenvalue weighted by atomic mass is 10.2. The first-order chi connectivity index (χ1) is 9.50. The van der Waals surface area contributed by atoms with Crippen molar-refractivity contribution < 1.29 is 19.4 Å². The van der Waals surface area contributed by atoms with Gasteiger partial charge in [-0.2, -0.15) is 0 Å². The summed E-state index contributed by atoms with van der Waals surface area (Å²) in [6.45, 7) is 2.14. The maximum Gasteiger partial charge on any atom is 0.308 e. The van der Waals surface area contributed by atoms with Gasteiger partial charge in [0, 0.05) is 13.0 Å². The van der Waals surface area contributed by atoms with Gasteiger partial charge < -0.3 is 15.2 Å². The number of halogens is 1. The molecule has 0 spiro atoms. The highest BCUT2D eigenvalue weighted by Gasteiger charge is 2.11. The number of carbonyl (C=O) groups is 2. The van der Waals surface area contributed by atoms with Crippen molar-refractivity contribution in [3.8, 4) is 5.75 Å². The molecule has 0 aliphatic rings. The maximum absolute atomic E-state index is 11.5. The van der Waals surface area contributed by atoms with Gasteiger partial charge >= 0.3 is 5.97 Å². The number of aliphatic carboxylic acids is 1. The average molecular weight is 344 g/mol. The van der Waals surface area contributed by atoms with E-state index in [1.54, 1.807) is 6.92 Å². The molecular formula is C14H18BrNO4. The lowest BCUT2D eigenvalue weighted by Gasteiger charge is -2.09. The molecule has 110 valence electrons. The van der Waals surface area contributed by atoms with Crippen LogP contribution in [0.2, 0.25) is 0 Å². The summed E-state index contributed by atoms with van der Waals surface area (Å²) < 4.78 is 6.40. The van der Waals surface area contributed by atoms with Crippen LogP contribution < -0.4 is 10.1 Å². The van der Waals surface area contributed by atoms with E-state index in [0.29, 0.717) is 19.4 Å². The van der Waals surface area contributed by atoms with E-state index in [1.807, 2.05) is 24.3 Å². The summed E-state index contributed by atoms with van der Waals surface area (Å²) in [5.74, 6) is -0.903. The molecule has 5 nitrogen and oxygen atoms in total. The Hall–Kier alpha value is -1.56. The van der Waals surface area contributed by atoms with Gasteiger partial charge in [0.05, 0.1) is 17.0 Å². The Morgan fingerprint density at radius 3 is 2.75 bits per heavy atom. The minimum absolute atomic E-state index is 0.152. The normalized spacial score (nSPS) is 11.7. The molecule has 0 saturated carbocycles. The first-order valence-corrected chi connectivity index (χ1v) is 7.17. The standard InChI is InChI=1S/C14H18BrNO4/c1-10(14(18)19)9-16-13(17)7-4-8-20-12-6-3-2-5-11(12)15/h2-3,5-6,10H,4,7-9H2,1H3,(H,16,17)(H,18,19). The van der Waals surface area contributed by atoms with Gasteiger partial charge in [-0.25, -0.2) is 0 Å². The van der Waals surface area contributed by atoms with Gasteiger partial charge in [0.25, 0.3) is 0 Å². The fourth-order valence-electron chi connectivity index (χ4n) is 1.42. The molecule has 2 N–H and O–H groups in total. The summed E-state index contributed by atoms with van der Waals surface area (Å²) in [6, 6.07) is 7.50. The van der Waals surface area contributed by atoms with Crippen LogP contribution in [0.15, 0.2) is 28.7 Å². The van der Waals surface area contributed by atoms with Gasteiger partial charge in [-0.1, -0.05) is 19.1 Å². The van der Waals surface area contributed by atoms with Crippen LogP contribution >= 0.6 is 15.9 Å². The zero-order chi connectivity index (χ0) is 15.0. The molecule has 1 rings (SSSR count). The third-order valence-electron chi connectivity index (χ3n) is 2.67.